The van der Waals surface area contributed by atoms with Gasteiger partial charge in [-0.2, -0.15) is 0 Å². The summed E-state index contributed by atoms with van der Waals surface area (Å²) in [6.07, 6.45) is 4.48. The van der Waals surface area contributed by atoms with Gasteiger partial charge in [-0.05, 0) is 12.8 Å². The van der Waals surface area contributed by atoms with Crippen molar-refractivity contribution in [3.63, 3.8) is 0 Å². The Bertz CT molecular complexity index is 259. The molecule has 0 aromatic heterocycles. The minimum atomic E-state index is -1.02. The van der Waals surface area contributed by atoms with E-state index in [1.54, 1.807) is 0 Å². The Morgan fingerprint density at radius 3 is 2.29 bits per heavy atom. The number of carbonyl (C=O) groups excluding carboxylic acids is 2. The minimum Gasteiger partial charge on any atom is -0.468 e. The molecule has 0 amide bonds. The van der Waals surface area contributed by atoms with Gasteiger partial charge in [0.05, 0.1) is 7.11 Å². The number of ether oxygens (including phenoxy) is 2. The van der Waals surface area contributed by atoms with Gasteiger partial charge >= 0.3 is 5.97 Å². The molecular weight excluding hydrogens is 184 g/mol. The molecule has 1 aliphatic carbocycles. The van der Waals surface area contributed by atoms with E-state index in [2.05, 4.69) is 4.74 Å². The highest BCUT2D eigenvalue weighted by Crippen LogP contribution is 2.35. The molecule has 1 rings (SSSR count). The van der Waals surface area contributed by atoms with Crippen LogP contribution in [0.25, 0.3) is 0 Å². The van der Waals surface area contributed by atoms with Crippen LogP contribution in [0.1, 0.15) is 12.8 Å². The van der Waals surface area contributed by atoms with E-state index in [9.17, 15) is 9.59 Å². The predicted molar refractivity (Wildman–Crippen MR) is 49.7 cm³/mol. The Morgan fingerprint density at radius 2 is 1.86 bits per heavy atom. The molecule has 14 heavy (non-hydrogen) atoms. The third-order valence-electron chi connectivity index (χ3n) is 2.48. The van der Waals surface area contributed by atoms with Crippen LogP contribution >= 0.6 is 0 Å². The fraction of sp³-hybridized carbons (Fsp3) is 0.600. The fourth-order valence-corrected chi connectivity index (χ4v) is 1.63. The van der Waals surface area contributed by atoms with Gasteiger partial charge in [0.15, 0.2) is 5.78 Å². The van der Waals surface area contributed by atoms with Crippen molar-refractivity contribution in [2.24, 2.45) is 5.41 Å². The topological polar surface area (TPSA) is 52.6 Å². The lowest BCUT2D eigenvalue weighted by molar-refractivity contribution is -0.158. The molecule has 0 unspecified atom stereocenters. The lowest BCUT2D eigenvalue weighted by atomic mass is 9.81. The lowest BCUT2D eigenvalue weighted by Gasteiger charge is -2.23. The van der Waals surface area contributed by atoms with E-state index in [1.807, 2.05) is 12.2 Å². The number of ketones is 1. The molecule has 4 heteroatoms. The molecule has 1 aliphatic rings. The molecule has 78 valence electrons. The molecule has 0 aromatic carbocycles. The Balaban J connectivity index is 2.82. The molecular formula is C10H14O4. The summed E-state index contributed by atoms with van der Waals surface area (Å²) in [5.41, 5.74) is -1.02. The van der Waals surface area contributed by atoms with Crippen molar-refractivity contribution in [1.82, 2.24) is 0 Å². The van der Waals surface area contributed by atoms with Gasteiger partial charge in [0.25, 0.3) is 0 Å². The largest absolute Gasteiger partial charge is 0.468 e. The zero-order valence-electron chi connectivity index (χ0n) is 8.41. The van der Waals surface area contributed by atoms with E-state index < -0.39 is 11.4 Å². The third-order valence-corrected chi connectivity index (χ3v) is 2.48. The number of hydrogen-bond donors (Lipinski definition) is 0. The molecule has 0 radical (unpaired) electrons. The average Bonchev–Trinajstić information content (AvgIpc) is 2.67. The standard InChI is InChI=1S/C10H14O4/c1-13-7-8(11)10(9(12)14-2)5-3-4-6-10/h3-4H,5-7H2,1-2H3. The van der Waals surface area contributed by atoms with E-state index in [1.165, 1.54) is 14.2 Å². The number of carbonyl (C=O) groups is 2. The number of rotatable bonds is 4. The van der Waals surface area contributed by atoms with Crippen molar-refractivity contribution < 1.29 is 19.1 Å². The first-order valence-corrected chi connectivity index (χ1v) is 4.43. The SMILES string of the molecule is COCC(=O)C1(C(=O)OC)CC=CC1. The van der Waals surface area contributed by atoms with Crippen molar-refractivity contribution >= 4 is 11.8 Å². The first-order chi connectivity index (χ1) is 6.67. The van der Waals surface area contributed by atoms with E-state index in [0.717, 1.165) is 0 Å². The molecule has 0 saturated heterocycles. The van der Waals surface area contributed by atoms with E-state index in [-0.39, 0.29) is 12.4 Å². The van der Waals surface area contributed by atoms with Crippen LogP contribution in [0.15, 0.2) is 12.2 Å². The van der Waals surface area contributed by atoms with Gasteiger partial charge in [-0.15, -0.1) is 0 Å². The van der Waals surface area contributed by atoms with Crippen molar-refractivity contribution in [3.8, 4) is 0 Å². The van der Waals surface area contributed by atoms with Gasteiger partial charge < -0.3 is 9.47 Å². The van der Waals surface area contributed by atoms with Gasteiger partial charge in [-0.1, -0.05) is 12.2 Å². The summed E-state index contributed by atoms with van der Waals surface area (Å²) in [7, 11) is 2.73. The van der Waals surface area contributed by atoms with Gasteiger partial charge in [0, 0.05) is 7.11 Å². The average molecular weight is 198 g/mol. The zero-order valence-corrected chi connectivity index (χ0v) is 8.41. The van der Waals surface area contributed by atoms with Gasteiger partial charge in [0.2, 0.25) is 0 Å². The van der Waals surface area contributed by atoms with Crippen LogP contribution in [0.4, 0.5) is 0 Å². The normalized spacial score (nSPS) is 18.1. The van der Waals surface area contributed by atoms with Gasteiger partial charge in [-0.25, -0.2) is 0 Å². The highest BCUT2D eigenvalue weighted by atomic mass is 16.5. The lowest BCUT2D eigenvalue weighted by Crippen LogP contribution is -2.40. The molecule has 0 aliphatic heterocycles. The maximum absolute atomic E-state index is 11.7. The predicted octanol–water partition coefficient (Wildman–Crippen LogP) is 0.711. The molecule has 4 nitrogen and oxygen atoms in total. The van der Waals surface area contributed by atoms with E-state index in [4.69, 9.17) is 4.74 Å². The molecule has 0 N–H and O–H groups in total. The van der Waals surface area contributed by atoms with Crippen LogP contribution in [-0.4, -0.2) is 32.6 Å². The number of methoxy groups -OCH3 is 2. The van der Waals surface area contributed by atoms with Gasteiger partial charge in [0.1, 0.15) is 12.0 Å². The summed E-state index contributed by atoms with van der Waals surface area (Å²) >= 11 is 0. The first-order valence-electron chi connectivity index (χ1n) is 4.43. The van der Waals surface area contributed by atoms with E-state index >= 15 is 0 Å². The molecule has 0 aromatic rings. The van der Waals surface area contributed by atoms with Crippen LogP contribution in [-0.2, 0) is 19.1 Å². The Kier molecular flexibility index (Phi) is 3.41. The molecule has 0 fully saturated rings. The van der Waals surface area contributed by atoms with Crippen LogP contribution in [0, 0.1) is 5.41 Å². The Labute approximate surface area is 82.9 Å². The minimum absolute atomic E-state index is 0.0449. The second kappa shape index (κ2) is 4.37. The Morgan fingerprint density at radius 1 is 1.29 bits per heavy atom. The molecule has 0 heterocycles. The molecule has 0 atom stereocenters. The molecule has 0 saturated carbocycles. The van der Waals surface area contributed by atoms with Crippen molar-refractivity contribution in [3.05, 3.63) is 12.2 Å². The van der Waals surface area contributed by atoms with Crippen molar-refractivity contribution in [2.45, 2.75) is 12.8 Å². The summed E-state index contributed by atoms with van der Waals surface area (Å²) in [5, 5.41) is 0. The molecule has 0 spiro atoms. The highest BCUT2D eigenvalue weighted by Gasteiger charge is 2.46. The summed E-state index contributed by atoms with van der Waals surface area (Å²) in [6.45, 7) is -0.0449. The molecule has 0 bridgehead atoms. The van der Waals surface area contributed by atoms with Crippen LogP contribution in [0.3, 0.4) is 0 Å². The first kappa shape index (κ1) is 10.9. The van der Waals surface area contributed by atoms with E-state index in [0.29, 0.717) is 12.8 Å². The van der Waals surface area contributed by atoms with Gasteiger partial charge in [-0.3, -0.25) is 9.59 Å². The maximum Gasteiger partial charge on any atom is 0.320 e. The number of Topliss-reactive ketones (excluding diaryl/α,β-unsaturated/α-hetero) is 1. The summed E-state index contributed by atoms with van der Waals surface area (Å²) in [4.78, 5) is 23.2. The fourth-order valence-electron chi connectivity index (χ4n) is 1.63. The second-order valence-corrected chi connectivity index (χ2v) is 3.31. The third kappa shape index (κ3) is 1.70. The smallest absolute Gasteiger partial charge is 0.320 e. The monoisotopic (exact) mass is 198 g/mol. The summed E-state index contributed by atoms with van der Waals surface area (Å²) in [6, 6.07) is 0. The summed E-state index contributed by atoms with van der Waals surface area (Å²) in [5.74, 6) is -0.679. The van der Waals surface area contributed by atoms with Crippen LogP contribution in [0.5, 0.6) is 0 Å². The zero-order chi connectivity index (χ0) is 10.6. The highest BCUT2D eigenvalue weighted by molar-refractivity contribution is 6.05. The second-order valence-electron chi connectivity index (χ2n) is 3.31. The van der Waals surface area contributed by atoms with Crippen molar-refractivity contribution in [2.75, 3.05) is 20.8 Å². The number of allylic oxidation sites excluding steroid dienone is 2. The van der Waals surface area contributed by atoms with Crippen molar-refractivity contribution in [1.29, 1.82) is 0 Å². The number of hydrogen-bond acceptors (Lipinski definition) is 4. The van der Waals surface area contributed by atoms with Crippen LogP contribution < -0.4 is 0 Å². The maximum atomic E-state index is 11.7. The summed E-state index contributed by atoms with van der Waals surface area (Å²) < 4.78 is 9.40. The number of esters is 1. The quantitative estimate of drug-likeness (QED) is 0.379. The van der Waals surface area contributed by atoms with Crippen LogP contribution in [0.2, 0.25) is 0 Å². The Hall–Kier alpha value is -1.16.